The van der Waals surface area contributed by atoms with E-state index in [1.165, 1.54) is 27.7 Å². The molecule has 0 fully saturated rings. The van der Waals surface area contributed by atoms with Gasteiger partial charge in [0.05, 0.1) is 12.8 Å². The van der Waals surface area contributed by atoms with Crippen molar-refractivity contribution in [2.24, 2.45) is 0 Å². The van der Waals surface area contributed by atoms with Crippen molar-refractivity contribution in [3.63, 3.8) is 0 Å². The Hall–Kier alpha value is -0.521. The van der Waals surface area contributed by atoms with E-state index in [-0.39, 0.29) is 59.9 Å². The minimum absolute atomic E-state index is 0. The number of carbonyl (C=O) groups excluding carboxylic acids is 4. The van der Waals surface area contributed by atoms with Gasteiger partial charge in [-0.15, -0.1) is 0 Å². The molecule has 80 valence electrons. The van der Waals surface area contributed by atoms with Gasteiger partial charge in [0.25, 0.3) is 0 Å². The largest absolute Gasteiger partial charge is 4.00 e. The van der Waals surface area contributed by atoms with Crippen LogP contribution in [0.25, 0.3) is 0 Å². The molecule has 0 aliphatic heterocycles. The third kappa shape index (κ3) is 31.8. The van der Waals surface area contributed by atoms with E-state index in [1.54, 1.807) is 0 Å². The van der Waals surface area contributed by atoms with Crippen molar-refractivity contribution in [1.82, 2.24) is 0 Å². The summed E-state index contributed by atoms with van der Waals surface area (Å²) >= 11 is 0. The fraction of sp³-hybridized carbons (Fsp3) is 0.600. The van der Waals surface area contributed by atoms with Gasteiger partial charge in [-0.1, -0.05) is 0 Å². The van der Waals surface area contributed by atoms with Crippen molar-refractivity contribution in [3.8, 4) is 0 Å². The molecule has 0 unspecified atom stereocenters. The van der Waals surface area contributed by atoms with Crippen molar-refractivity contribution >= 4 is 47.0 Å². The maximum Gasteiger partial charge on any atom is 4.00 e. The van der Waals surface area contributed by atoms with Gasteiger partial charge in [-0.3, -0.25) is 19.2 Å². The molecule has 0 bridgehead atoms. The Bertz CT molecular complexity index is 196. The van der Waals surface area contributed by atoms with Crippen LogP contribution in [0.15, 0.2) is 0 Å². The molecule has 0 aromatic rings. The molecule has 0 saturated carbocycles. The van der Waals surface area contributed by atoms with Crippen molar-refractivity contribution in [2.75, 3.05) is 0 Å². The van der Waals surface area contributed by atoms with Crippen LogP contribution in [0.2, 0.25) is 0 Å². The fourth-order valence-corrected chi connectivity index (χ4v) is 0.701. The molecule has 0 rings (SSSR count). The summed E-state index contributed by atoms with van der Waals surface area (Å²) < 4.78 is 0. The van der Waals surface area contributed by atoms with Crippen LogP contribution < -0.4 is 0 Å². The van der Waals surface area contributed by atoms with E-state index < -0.39 is 0 Å². The summed E-state index contributed by atoms with van der Waals surface area (Å²) in [6.07, 6.45) is 0.167. The summed E-state index contributed by atoms with van der Waals surface area (Å²) in [5, 5.41) is 0. The molecule has 0 aliphatic carbocycles. The van der Waals surface area contributed by atoms with Crippen molar-refractivity contribution in [1.29, 1.82) is 0 Å². The molecule has 0 aromatic heterocycles. The first-order valence-corrected chi connectivity index (χ1v) is 4.23. The number of hydrogen-bond acceptors (Lipinski definition) is 4. The second-order valence-electron chi connectivity index (χ2n) is 3.16. The first kappa shape index (κ1) is 20.0. The summed E-state index contributed by atoms with van der Waals surface area (Å²) in [5.74, 6) is -0.250. The first-order chi connectivity index (χ1) is 6.25. The zero-order chi connectivity index (χ0) is 11.7. The van der Waals surface area contributed by atoms with E-state index in [1.807, 2.05) is 0 Å². The Kier molecular flexibility index (Phi) is 15.4. The maximum absolute atomic E-state index is 10.0. The van der Waals surface area contributed by atoms with Crippen molar-refractivity contribution < 1.29 is 19.2 Å². The second-order valence-corrected chi connectivity index (χ2v) is 3.16. The smallest absolute Gasteiger partial charge is 0.300 e. The number of rotatable bonds is 4. The molecule has 0 heterocycles. The summed E-state index contributed by atoms with van der Waals surface area (Å²) in [7, 11) is 0. The molecule has 4 nitrogen and oxygen atoms in total. The number of ketones is 4. The van der Waals surface area contributed by atoms with E-state index in [0.29, 0.717) is 0 Å². The van der Waals surface area contributed by atoms with Crippen LogP contribution in [0.5, 0.6) is 0 Å². The van der Waals surface area contributed by atoms with Crippen LogP contribution in [-0.2, 0) is 19.2 Å². The van der Waals surface area contributed by atoms with E-state index in [4.69, 9.17) is 0 Å². The Morgan fingerprint density at radius 3 is 0.733 bits per heavy atom. The van der Waals surface area contributed by atoms with Crippen LogP contribution >= 0.6 is 0 Å². The topological polar surface area (TPSA) is 68.3 Å². The SMILES string of the molecule is CC(=O)CC(C)=O.CC(=O)CC(C)=O.[Sn+4]. The predicted molar refractivity (Wildman–Crippen MR) is 57.7 cm³/mol. The summed E-state index contributed by atoms with van der Waals surface area (Å²) in [6, 6.07) is 0. The van der Waals surface area contributed by atoms with Gasteiger partial charge in [0, 0.05) is 0 Å². The van der Waals surface area contributed by atoms with Crippen LogP contribution in [0.3, 0.4) is 0 Å². The molecular weight excluding hydrogens is 303 g/mol. The molecule has 0 amide bonds. The normalized spacial score (nSPS) is 7.73. The van der Waals surface area contributed by atoms with Gasteiger partial charge in [0.2, 0.25) is 0 Å². The Morgan fingerprint density at radius 2 is 0.733 bits per heavy atom. The number of carbonyl (C=O) groups is 4. The van der Waals surface area contributed by atoms with Crippen LogP contribution in [-0.4, -0.2) is 47.0 Å². The van der Waals surface area contributed by atoms with Gasteiger partial charge in [-0.2, -0.15) is 0 Å². The monoisotopic (exact) mass is 320 g/mol. The van der Waals surface area contributed by atoms with Gasteiger partial charge in [0.15, 0.2) is 0 Å². The van der Waals surface area contributed by atoms with E-state index >= 15 is 0 Å². The van der Waals surface area contributed by atoms with Gasteiger partial charge in [0.1, 0.15) is 23.1 Å². The average Bonchev–Trinajstić information content (AvgIpc) is 1.79. The Morgan fingerprint density at radius 1 is 0.600 bits per heavy atom. The third-order valence-electron chi connectivity index (χ3n) is 0.996. The quantitative estimate of drug-likeness (QED) is 0.566. The maximum atomic E-state index is 10.0. The van der Waals surface area contributed by atoms with Gasteiger partial charge < -0.3 is 0 Å². The minimum atomic E-state index is -0.0625. The van der Waals surface area contributed by atoms with E-state index in [0.717, 1.165) is 0 Å². The van der Waals surface area contributed by atoms with E-state index in [2.05, 4.69) is 0 Å². The summed E-state index contributed by atoms with van der Waals surface area (Å²) in [5.41, 5.74) is 0. The summed E-state index contributed by atoms with van der Waals surface area (Å²) in [4.78, 5) is 40.1. The van der Waals surface area contributed by atoms with E-state index in [9.17, 15) is 19.2 Å². The third-order valence-corrected chi connectivity index (χ3v) is 0.996. The van der Waals surface area contributed by atoms with Gasteiger partial charge in [-0.25, -0.2) is 0 Å². The minimum Gasteiger partial charge on any atom is -0.300 e. The zero-order valence-corrected chi connectivity index (χ0v) is 12.4. The molecule has 5 heteroatoms. The van der Waals surface area contributed by atoms with Gasteiger partial charge in [-0.05, 0) is 27.7 Å². The molecule has 0 aromatic carbocycles. The Balaban J connectivity index is -0.000000180. The van der Waals surface area contributed by atoms with Crippen molar-refractivity contribution in [3.05, 3.63) is 0 Å². The number of hydrogen-bond donors (Lipinski definition) is 0. The molecule has 0 N–H and O–H groups in total. The molecular formula is C10H16O4Sn+4. The Labute approximate surface area is 107 Å². The molecule has 0 atom stereocenters. The fourth-order valence-electron chi connectivity index (χ4n) is 0.701. The van der Waals surface area contributed by atoms with Crippen LogP contribution in [0, 0.1) is 0 Å². The van der Waals surface area contributed by atoms with Crippen LogP contribution in [0.1, 0.15) is 40.5 Å². The van der Waals surface area contributed by atoms with Crippen LogP contribution in [0.4, 0.5) is 0 Å². The zero-order valence-electron chi connectivity index (χ0n) is 9.55. The van der Waals surface area contributed by atoms with Crippen molar-refractivity contribution in [2.45, 2.75) is 40.5 Å². The predicted octanol–water partition coefficient (Wildman–Crippen LogP) is 0.728. The molecule has 0 aliphatic rings. The molecule has 0 spiro atoms. The molecule has 15 heavy (non-hydrogen) atoms. The number of Topliss-reactive ketones (excluding diaryl/α,β-unsaturated/α-hetero) is 4. The first-order valence-electron chi connectivity index (χ1n) is 4.23. The summed E-state index contributed by atoms with van der Waals surface area (Å²) in [6.45, 7) is 5.62. The standard InChI is InChI=1S/2C5H8O2.Sn/c2*1-4(6)3-5(2)7;/h2*3H2,1-2H3;/q;;+4. The van der Waals surface area contributed by atoms with Gasteiger partial charge >= 0.3 is 23.9 Å². The second kappa shape index (κ2) is 11.6. The average molecular weight is 319 g/mol. The molecule has 0 saturated heterocycles. The molecule has 0 radical (unpaired) electrons.